The fourth-order valence-corrected chi connectivity index (χ4v) is 1.42. The fraction of sp³-hybridized carbons (Fsp3) is 0.692. The second-order valence-electron chi connectivity index (χ2n) is 4.69. The molecule has 1 aromatic heterocycles. The van der Waals surface area contributed by atoms with Gasteiger partial charge in [0.25, 0.3) is 5.56 Å². The van der Waals surface area contributed by atoms with E-state index < -0.39 is 0 Å². The SMILES string of the molecule is CCCOCCn1ncc(NCC(C)C)cc1=O. The van der Waals surface area contributed by atoms with E-state index >= 15 is 0 Å². The van der Waals surface area contributed by atoms with E-state index in [2.05, 4.69) is 31.2 Å². The zero-order valence-corrected chi connectivity index (χ0v) is 11.5. The van der Waals surface area contributed by atoms with Gasteiger partial charge in [-0.1, -0.05) is 20.8 Å². The van der Waals surface area contributed by atoms with Gasteiger partial charge in [-0.15, -0.1) is 0 Å². The van der Waals surface area contributed by atoms with Crippen molar-refractivity contribution in [2.24, 2.45) is 5.92 Å². The summed E-state index contributed by atoms with van der Waals surface area (Å²) in [7, 11) is 0. The molecule has 0 aromatic carbocycles. The molecule has 102 valence electrons. The van der Waals surface area contributed by atoms with Crippen molar-refractivity contribution in [2.45, 2.75) is 33.7 Å². The van der Waals surface area contributed by atoms with Crippen molar-refractivity contribution < 1.29 is 4.74 Å². The van der Waals surface area contributed by atoms with E-state index in [1.807, 2.05) is 0 Å². The van der Waals surface area contributed by atoms with Gasteiger partial charge in [-0.25, -0.2) is 4.68 Å². The molecule has 1 N–H and O–H groups in total. The number of aromatic nitrogens is 2. The smallest absolute Gasteiger partial charge is 0.268 e. The van der Waals surface area contributed by atoms with Crippen molar-refractivity contribution in [3.63, 3.8) is 0 Å². The van der Waals surface area contributed by atoms with Gasteiger partial charge in [0.2, 0.25) is 0 Å². The monoisotopic (exact) mass is 253 g/mol. The summed E-state index contributed by atoms with van der Waals surface area (Å²) < 4.78 is 6.76. The van der Waals surface area contributed by atoms with E-state index in [0.717, 1.165) is 25.3 Å². The summed E-state index contributed by atoms with van der Waals surface area (Å²) in [5, 5.41) is 7.30. The van der Waals surface area contributed by atoms with Gasteiger partial charge < -0.3 is 10.1 Å². The molecule has 1 heterocycles. The molecule has 5 nitrogen and oxygen atoms in total. The normalized spacial score (nSPS) is 10.9. The lowest BCUT2D eigenvalue weighted by Crippen LogP contribution is -2.25. The Morgan fingerprint density at radius 2 is 2.22 bits per heavy atom. The minimum absolute atomic E-state index is 0.0937. The van der Waals surface area contributed by atoms with Crippen molar-refractivity contribution in [2.75, 3.05) is 25.1 Å². The Morgan fingerprint density at radius 3 is 2.83 bits per heavy atom. The van der Waals surface area contributed by atoms with Crippen molar-refractivity contribution in [1.29, 1.82) is 0 Å². The molecule has 0 radical (unpaired) electrons. The topological polar surface area (TPSA) is 56.1 Å². The average molecular weight is 253 g/mol. The highest BCUT2D eigenvalue weighted by Crippen LogP contribution is 2.01. The average Bonchev–Trinajstić information content (AvgIpc) is 2.34. The molecule has 0 saturated carbocycles. The van der Waals surface area contributed by atoms with Crippen molar-refractivity contribution in [1.82, 2.24) is 9.78 Å². The number of hydrogen-bond acceptors (Lipinski definition) is 4. The van der Waals surface area contributed by atoms with Crippen LogP contribution < -0.4 is 10.9 Å². The third-order valence-electron chi connectivity index (χ3n) is 2.38. The van der Waals surface area contributed by atoms with Gasteiger partial charge in [0.05, 0.1) is 25.0 Å². The number of nitrogens with one attached hydrogen (secondary N) is 1. The Bertz CT molecular complexity index is 401. The molecule has 18 heavy (non-hydrogen) atoms. The van der Waals surface area contributed by atoms with Crippen LogP contribution in [0.15, 0.2) is 17.1 Å². The van der Waals surface area contributed by atoms with E-state index in [4.69, 9.17) is 4.74 Å². The van der Waals surface area contributed by atoms with Crippen LogP contribution in [0.3, 0.4) is 0 Å². The van der Waals surface area contributed by atoms with E-state index in [0.29, 0.717) is 19.1 Å². The van der Waals surface area contributed by atoms with Gasteiger partial charge in [-0.3, -0.25) is 4.79 Å². The highest BCUT2D eigenvalue weighted by molar-refractivity contribution is 5.38. The molecule has 0 spiro atoms. The van der Waals surface area contributed by atoms with E-state index in [1.165, 1.54) is 4.68 Å². The van der Waals surface area contributed by atoms with Crippen LogP contribution in [0.5, 0.6) is 0 Å². The predicted molar refractivity (Wildman–Crippen MR) is 72.9 cm³/mol. The first-order valence-electron chi connectivity index (χ1n) is 6.52. The van der Waals surface area contributed by atoms with Gasteiger partial charge in [-0.2, -0.15) is 5.10 Å². The molecular formula is C13H23N3O2. The summed E-state index contributed by atoms with van der Waals surface area (Å²) in [6.07, 6.45) is 2.67. The molecule has 1 aromatic rings. The third-order valence-corrected chi connectivity index (χ3v) is 2.38. The van der Waals surface area contributed by atoms with Gasteiger partial charge in [-0.05, 0) is 12.3 Å². The molecule has 0 atom stereocenters. The Kier molecular flexibility index (Phi) is 6.43. The molecule has 0 saturated heterocycles. The lowest BCUT2D eigenvalue weighted by molar-refractivity contribution is 0.123. The van der Waals surface area contributed by atoms with Crippen molar-refractivity contribution in [3.8, 4) is 0 Å². The fourth-order valence-electron chi connectivity index (χ4n) is 1.42. The zero-order chi connectivity index (χ0) is 13.4. The number of nitrogens with zero attached hydrogens (tertiary/aromatic N) is 2. The van der Waals surface area contributed by atoms with Crippen LogP contribution in [-0.4, -0.2) is 29.5 Å². The second kappa shape index (κ2) is 7.87. The van der Waals surface area contributed by atoms with Crippen LogP contribution in [0, 0.1) is 5.92 Å². The lowest BCUT2D eigenvalue weighted by Gasteiger charge is -2.09. The first-order valence-corrected chi connectivity index (χ1v) is 6.52. The molecule has 0 amide bonds. The summed E-state index contributed by atoms with van der Waals surface area (Å²) in [5.74, 6) is 0.537. The molecule has 0 bridgehead atoms. The van der Waals surface area contributed by atoms with Gasteiger partial charge in [0.1, 0.15) is 0 Å². The summed E-state index contributed by atoms with van der Waals surface area (Å²) >= 11 is 0. The molecule has 5 heteroatoms. The summed E-state index contributed by atoms with van der Waals surface area (Å²) in [6, 6.07) is 1.58. The van der Waals surface area contributed by atoms with E-state index in [1.54, 1.807) is 12.3 Å². The highest BCUT2D eigenvalue weighted by Gasteiger charge is 2.01. The summed E-state index contributed by atoms with van der Waals surface area (Å²) in [5.41, 5.74) is 0.684. The van der Waals surface area contributed by atoms with E-state index in [9.17, 15) is 4.79 Å². The Morgan fingerprint density at radius 1 is 1.44 bits per heavy atom. The minimum atomic E-state index is -0.0937. The van der Waals surface area contributed by atoms with Crippen molar-refractivity contribution >= 4 is 5.69 Å². The molecule has 0 aliphatic heterocycles. The highest BCUT2D eigenvalue weighted by atomic mass is 16.5. The Balaban J connectivity index is 2.49. The molecule has 1 rings (SSSR count). The van der Waals surface area contributed by atoms with E-state index in [-0.39, 0.29) is 5.56 Å². The molecule has 0 aliphatic rings. The molecule has 0 fully saturated rings. The lowest BCUT2D eigenvalue weighted by atomic mass is 10.2. The van der Waals surface area contributed by atoms with Crippen LogP contribution in [0.1, 0.15) is 27.2 Å². The number of rotatable bonds is 8. The standard InChI is InChI=1S/C13H23N3O2/c1-4-6-18-7-5-16-13(17)8-12(10-15-16)14-9-11(2)3/h8,10-11,14H,4-7,9H2,1-3H3. The maximum absolute atomic E-state index is 11.8. The third kappa shape index (κ3) is 5.31. The first kappa shape index (κ1) is 14.7. The Labute approximate surface area is 108 Å². The number of anilines is 1. The van der Waals surface area contributed by atoms with Crippen LogP contribution in [-0.2, 0) is 11.3 Å². The number of ether oxygens (including phenoxy) is 1. The second-order valence-corrected chi connectivity index (χ2v) is 4.69. The first-order chi connectivity index (χ1) is 8.63. The van der Waals surface area contributed by atoms with Crippen LogP contribution >= 0.6 is 0 Å². The summed E-state index contributed by atoms with van der Waals surface area (Å²) in [6.45, 7) is 8.88. The van der Waals surface area contributed by atoms with Gasteiger partial charge in [0.15, 0.2) is 0 Å². The largest absolute Gasteiger partial charge is 0.383 e. The molecular weight excluding hydrogens is 230 g/mol. The zero-order valence-electron chi connectivity index (χ0n) is 11.5. The minimum Gasteiger partial charge on any atom is -0.383 e. The summed E-state index contributed by atoms with van der Waals surface area (Å²) in [4.78, 5) is 11.8. The number of hydrogen-bond donors (Lipinski definition) is 1. The van der Waals surface area contributed by atoms with Crippen LogP contribution in [0.2, 0.25) is 0 Å². The Hall–Kier alpha value is -1.36. The van der Waals surface area contributed by atoms with Crippen LogP contribution in [0.25, 0.3) is 0 Å². The van der Waals surface area contributed by atoms with Crippen molar-refractivity contribution in [3.05, 3.63) is 22.6 Å². The van der Waals surface area contributed by atoms with Gasteiger partial charge in [0, 0.05) is 19.2 Å². The molecule has 0 aliphatic carbocycles. The predicted octanol–water partition coefficient (Wildman–Crippen LogP) is 1.74. The maximum Gasteiger partial charge on any atom is 0.268 e. The maximum atomic E-state index is 11.8. The molecule has 0 unspecified atom stereocenters. The van der Waals surface area contributed by atoms with Crippen LogP contribution in [0.4, 0.5) is 5.69 Å². The quantitative estimate of drug-likeness (QED) is 0.717. The van der Waals surface area contributed by atoms with Gasteiger partial charge >= 0.3 is 0 Å².